The van der Waals surface area contributed by atoms with Gasteiger partial charge in [0.15, 0.2) is 17.4 Å². The second-order valence-corrected chi connectivity index (χ2v) is 4.67. The summed E-state index contributed by atoms with van der Waals surface area (Å²) in [5.41, 5.74) is 8.37. The summed E-state index contributed by atoms with van der Waals surface area (Å²) in [4.78, 5) is 8.39. The third kappa shape index (κ3) is 2.73. The van der Waals surface area contributed by atoms with Crippen LogP contribution in [0.1, 0.15) is 0 Å². The first-order valence-electron chi connectivity index (χ1n) is 5.94. The highest BCUT2D eigenvalue weighted by Crippen LogP contribution is 2.19. The van der Waals surface area contributed by atoms with E-state index in [2.05, 4.69) is 15.2 Å². The Morgan fingerprint density at radius 1 is 0.947 bits per heavy atom. The lowest BCUT2D eigenvalue weighted by Crippen LogP contribution is -2.35. The van der Waals surface area contributed by atoms with Gasteiger partial charge in [-0.1, -0.05) is 0 Å². The van der Waals surface area contributed by atoms with E-state index in [0.717, 1.165) is 11.4 Å². The third-order valence-corrected chi connectivity index (χ3v) is 2.74. The van der Waals surface area contributed by atoms with Crippen molar-refractivity contribution in [2.75, 3.05) is 33.1 Å². The predicted octanol–water partition coefficient (Wildman–Crippen LogP) is 1.07. The van der Waals surface area contributed by atoms with Crippen LogP contribution < -0.4 is 10.6 Å². The first kappa shape index (κ1) is 13.1. The van der Waals surface area contributed by atoms with E-state index in [1.54, 1.807) is 0 Å². The summed E-state index contributed by atoms with van der Waals surface area (Å²) in [5.74, 6) is 1.02. The summed E-state index contributed by atoms with van der Waals surface area (Å²) in [6, 6.07) is 7.91. The number of anilines is 1. The molecule has 1 aromatic carbocycles. The molecule has 1 aliphatic heterocycles. The fourth-order valence-corrected chi connectivity index (χ4v) is 1.67. The van der Waals surface area contributed by atoms with Crippen molar-refractivity contribution in [1.82, 2.24) is 4.90 Å². The van der Waals surface area contributed by atoms with Crippen LogP contribution in [0.2, 0.25) is 0 Å². The molecule has 100 valence electrons. The molecule has 6 heteroatoms. The number of nitrogens with zero attached hydrogens (tertiary/aromatic N) is 5. The molecule has 0 unspecified atom stereocenters. The Hall–Kier alpha value is -2.37. The fraction of sp³-hybridized carbons (Fsp3) is 0.308. The molecule has 0 spiro atoms. The molecule has 0 saturated heterocycles. The molecule has 1 aromatic rings. The molecule has 19 heavy (non-hydrogen) atoms. The van der Waals surface area contributed by atoms with Crippen molar-refractivity contribution in [2.45, 2.75) is 0 Å². The molecule has 0 amide bonds. The van der Waals surface area contributed by atoms with Gasteiger partial charge in [-0.25, -0.2) is 4.99 Å². The standard InChI is InChI=1S/C13H18N6/c1-18(2)10-7-5-9(6-8-10)15-11-12(14)16-17-13(11)19(3)4/h5-8H,1-4H3,(H2,14,15,16). The molecule has 0 aliphatic carbocycles. The monoisotopic (exact) mass is 258 g/mol. The van der Waals surface area contributed by atoms with E-state index in [4.69, 9.17) is 5.73 Å². The zero-order valence-corrected chi connectivity index (χ0v) is 11.6. The Bertz CT molecular complexity index is 551. The van der Waals surface area contributed by atoms with Gasteiger partial charge in [0.25, 0.3) is 0 Å². The van der Waals surface area contributed by atoms with Crippen molar-refractivity contribution in [3.05, 3.63) is 24.3 Å². The predicted molar refractivity (Wildman–Crippen MR) is 80.6 cm³/mol. The van der Waals surface area contributed by atoms with Gasteiger partial charge in [0, 0.05) is 33.9 Å². The summed E-state index contributed by atoms with van der Waals surface area (Å²) in [5, 5.41) is 7.87. The number of hydrogen-bond acceptors (Lipinski definition) is 6. The number of rotatable bonds is 2. The van der Waals surface area contributed by atoms with Gasteiger partial charge in [-0.2, -0.15) is 0 Å². The first-order valence-corrected chi connectivity index (χ1v) is 5.94. The summed E-state index contributed by atoms with van der Waals surface area (Å²) in [6.07, 6.45) is 0. The Morgan fingerprint density at radius 2 is 1.58 bits per heavy atom. The number of aliphatic imine (C=N–C) groups is 1. The summed E-state index contributed by atoms with van der Waals surface area (Å²) >= 11 is 0. The second-order valence-electron chi connectivity index (χ2n) is 4.67. The quantitative estimate of drug-likeness (QED) is 0.862. The van der Waals surface area contributed by atoms with Crippen LogP contribution in [-0.2, 0) is 0 Å². The van der Waals surface area contributed by atoms with Crippen molar-refractivity contribution in [3.8, 4) is 0 Å². The van der Waals surface area contributed by atoms with Gasteiger partial charge < -0.3 is 15.5 Å². The van der Waals surface area contributed by atoms with Gasteiger partial charge in [0.2, 0.25) is 0 Å². The van der Waals surface area contributed by atoms with Crippen LogP contribution in [0.3, 0.4) is 0 Å². The van der Waals surface area contributed by atoms with E-state index in [1.807, 2.05) is 62.3 Å². The van der Waals surface area contributed by atoms with Crippen molar-refractivity contribution in [1.29, 1.82) is 0 Å². The number of benzene rings is 1. The van der Waals surface area contributed by atoms with Gasteiger partial charge in [0.05, 0.1) is 5.69 Å². The van der Waals surface area contributed by atoms with E-state index in [0.29, 0.717) is 17.4 Å². The lowest BCUT2D eigenvalue weighted by molar-refractivity contribution is 0.630. The van der Waals surface area contributed by atoms with Crippen LogP contribution in [-0.4, -0.2) is 50.5 Å². The molecule has 2 rings (SSSR count). The summed E-state index contributed by atoms with van der Waals surface area (Å²) in [7, 11) is 7.77. The Balaban J connectivity index is 2.30. The van der Waals surface area contributed by atoms with E-state index < -0.39 is 0 Å². The van der Waals surface area contributed by atoms with Crippen LogP contribution >= 0.6 is 0 Å². The molecule has 0 atom stereocenters. The van der Waals surface area contributed by atoms with Crippen molar-refractivity contribution < 1.29 is 0 Å². The maximum absolute atomic E-state index is 5.80. The molecule has 0 radical (unpaired) electrons. The van der Waals surface area contributed by atoms with Crippen LogP contribution in [0.25, 0.3) is 0 Å². The molecule has 0 aromatic heterocycles. The lowest BCUT2D eigenvalue weighted by Gasteiger charge is -2.13. The topological polar surface area (TPSA) is 69.6 Å². The molecule has 6 nitrogen and oxygen atoms in total. The molecule has 1 aliphatic rings. The van der Waals surface area contributed by atoms with E-state index in [9.17, 15) is 0 Å². The van der Waals surface area contributed by atoms with Crippen LogP contribution in [0, 0.1) is 0 Å². The SMILES string of the molecule is CN(C)C1=NN=C(N)C1=Nc1ccc(N(C)C)cc1. The van der Waals surface area contributed by atoms with Gasteiger partial charge in [0.1, 0.15) is 0 Å². The Morgan fingerprint density at radius 3 is 2.11 bits per heavy atom. The highest BCUT2D eigenvalue weighted by atomic mass is 15.3. The van der Waals surface area contributed by atoms with E-state index in [1.165, 1.54) is 0 Å². The van der Waals surface area contributed by atoms with Crippen molar-refractivity contribution in [3.63, 3.8) is 0 Å². The first-order chi connectivity index (χ1) is 8.99. The van der Waals surface area contributed by atoms with Crippen LogP contribution in [0.4, 0.5) is 11.4 Å². The minimum absolute atomic E-state index is 0.348. The van der Waals surface area contributed by atoms with Crippen LogP contribution in [0.5, 0.6) is 0 Å². The molecular weight excluding hydrogens is 240 g/mol. The van der Waals surface area contributed by atoms with Gasteiger partial charge in [-0.05, 0) is 24.3 Å². The third-order valence-electron chi connectivity index (χ3n) is 2.74. The summed E-state index contributed by atoms with van der Waals surface area (Å²) in [6.45, 7) is 0. The van der Waals surface area contributed by atoms with E-state index >= 15 is 0 Å². The normalized spacial score (nSPS) is 16.3. The number of nitrogens with two attached hydrogens (primary N) is 1. The molecular formula is C13H18N6. The molecule has 2 N–H and O–H groups in total. The second kappa shape index (κ2) is 5.09. The number of hydrogen-bond donors (Lipinski definition) is 1. The summed E-state index contributed by atoms with van der Waals surface area (Å²) < 4.78 is 0. The Labute approximate surface area is 112 Å². The Kier molecular flexibility index (Phi) is 3.50. The zero-order chi connectivity index (χ0) is 14.0. The highest BCUT2D eigenvalue weighted by molar-refractivity contribution is 6.69. The maximum Gasteiger partial charge on any atom is 0.180 e. The minimum atomic E-state index is 0.348. The fourth-order valence-electron chi connectivity index (χ4n) is 1.67. The molecule has 0 saturated carbocycles. The average molecular weight is 258 g/mol. The molecule has 0 fully saturated rings. The smallest absolute Gasteiger partial charge is 0.180 e. The van der Waals surface area contributed by atoms with Crippen LogP contribution in [0.15, 0.2) is 39.5 Å². The zero-order valence-electron chi connectivity index (χ0n) is 11.6. The maximum atomic E-state index is 5.80. The van der Waals surface area contributed by atoms with E-state index in [-0.39, 0.29) is 0 Å². The van der Waals surface area contributed by atoms with Crippen molar-refractivity contribution >= 4 is 28.8 Å². The van der Waals surface area contributed by atoms with Crippen molar-refractivity contribution in [2.24, 2.45) is 20.9 Å². The van der Waals surface area contributed by atoms with Gasteiger partial charge in [-0.15, -0.1) is 10.2 Å². The average Bonchev–Trinajstić information content (AvgIpc) is 2.72. The largest absolute Gasteiger partial charge is 0.380 e. The lowest BCUT2D eigenvalue weighted by atomic mass is 10.2. The van der Waals surface area contributed by atoms with Gasteiger partial charge in [-0.3, -0.25) is 0 Å². The number of amidine groups is 2. The molecule has 1 heterocycles. The van der Waals surface area contributed by atoms with Gasteiger partial charge >= 0.3 is 0 Å². The minimum Gasteiger partial charge on any atom is -0.380 e. The highest BCUT2D eigenvalue weighted by Gasteiger charge is 2.21. The molecule has 0 bridgehead atoms.